The lowest BCUT2D eigenvalue weighted by Gasteiger charge is -2.57. The molecule has 0 radical (unpaired) electrons. The van der Waals surface area contributed by atoms with Gasteiger partial charge in [0.2, 0.25) is 0 Å². The summed E-state index contributed by atoms with van der Waals surface area (Å²) in [5.41, 5.74) is 0.0252. The molecule has 2 heterocycles. The number of likely N-dealkylation sites (tertiary alicyclic amines) is 1. The molecule has 4 amide bonds. The van der Waals surface area contributed by atoms with Crippen molar-refractivity contribution in [1.29, 1.82) is 0 Å². The summed E-state index contributed by atoms with van der Waals surface area (Å²) in [6, 6.07) is -0.0955. The fraction of sp³-hybridized carbons (Fsp3) is 0.842. The van der Waals surface area contributed by atoms with Crippen LogP contribution in [0.15, 0.2) is 0 Å². The lowest BCUT2D eigenvalue weighted by molar-refractivity contribution is -0.127. The predicted octanol–water partition coefficient (Wildman–Crippen LogP) is 2.11. The molecular weight excluding hydrogens is 334 g/mol. The smallest absolute Gasteiger partial charge is 0.417 e. The Balaban J connectivity index is 1.19. The Morgan fingerprint density at radius 1 is 1.00 bits per heavy atom. The van der Waals surface area contributed by atoms with Gasteiger partial charge < -0.3 is 15.0 Å². The van der Waals surface area contributed by atoms with Crippen molar-refractivity contribution in [3.05, 3.63) is 0 Å². The van der Waals surface area contributed by atoms with Crippen molar-refractivity contribution in [2.45, 2.75) is 62.9 Å². The maximum absolute atomic E-state index is 12.9. The second-order valence-corrected chi connectivity index (χ2v) is 9.16. The molecule has 6 fully saturated rings. The third-order valence-corrected chi connectivity index (χ3v) is 7.31. The van der Waals surface area contributed by atoms with Crippen LogP contribution >= 0.6 is 0 Å². The van der Waals surface area contributed by atoms with Crippen LogP contribution in [0.4, 0.5) is 9.59 Å². The molecule has 6 aliphatic rings. The number of cyclic esters (lactones) is 1. The summed E-state index contributed by atoms with van der Waals surface area (Å²) in [4.78, 5) is 39.5. The highest BCUT2D eigenvalue weighted by Gasteiger charge is 2.52. The largest absolute Gasteiger partial charge is 0.439 e. The SMILES string of the molecule is O=C(NC12CC3CC(CC(C3)C1)C2)N1CCC(N2C(=O)COC2=O)CC1. The molecular formula is C19H27N3O4. The van der Waals surface area contributed by atoms with Gasteiger partial charge in [0.05, 0.1) is 0 Å². The first-order valence-corrected chi connectivity index (χ1v) is 10.1. The van der Waals surface area contributed by atoms with Crippen molar-refractivity contribution in [3.8, 4) is 0 Å². The summed E-state index contributed by atoms with van der Waals surface area (Å²) in [5, 5.41) is 3.41. The van der Waals surface area contributed by atoms with Gasteiger partial charge in [0.1, 0.15) is 0 Å². The molecule has 4 bridgehead atoms. The molecule has 0 spiro atoms. The molecule has 2 aliphatic heterocycles. The van der Waals surface area contributed by atoms with E-state index in [1.54, 1.807) is 0 Å². The van der Waals surface area contributed by atoms with Crippen molar-refractivity contribution >= 4 is 18.0 Å². The number of hydrogen-bond donors (Lipinski definition) is 1. The Kier molecular flexibility index (Phi) is 3.69. The van der Waals surface area contributed by atoms with Gasteiger partial charge in [-0.15, -0.1) is 0 Å². The van der Waals surface area contributed by atoms with Crippen LogP contribution in [0.1, 0.15) is 51.4 Å². The fourth-order valence-corrected chi connectivity index (χ4v) is 6.61. The number of nitrogens with one attached hydrogen (secondary N) is 1. The third-order valence-electron chi connectivity index (χ3n) is 7.31. The molecule has 7 nitrogen and oxygen atoms in total. The normalized spacial score (nSPS) is 39.5. The molecule has 0 aromatic carbocycles. The van der Waals surface area contributed by atoms with Crippen LogP contribution in [0.5, 0.6) is 0 Å². The van der Waals surface area contributed by atoms with Crippen LogP contribution in [-0.4, -0.2) is 59.1 Å². The maximum atomic E-state index is 12.9. The van der Waals surface area contributed by atoms with E-state index in [0.29, 0.717) is 25.9 Å². The number of piperidine rings is 1. The fourth-order valence-electron chi connectivity index (χ4n) is 6.61. The average molecular weight is 361 g/mol. The number of nitrogens with zero attached hydrogens (tertiary/aromatic N) is 2. The first kappa shape index (κ1) is 16.4. The molecule has 142 valence electrons. The number of carbonyl (C=O) groups is 3. The Morgan fingerprint density at radius 2 is 1.58 bits per heavy atom. The summed E-state index contributed by atoms with van der Waals surface area (Å²) in [6.07, 6.45) is 8.26. The minimum Gasteiger partial charge on any atom is -0.439 e. The Morgan fingerprint density at radius 3 is 2.08 bits per heavy atom. The van der Waals surface area contributed by atoms with E-state index < -0.39 is 6.09 Å². The Bertz CT molecular complexity index is 589. The minimum absolute atomic E-state index is 0.0252. The lowest BCUT2D eigenvalue weighted by atomic mass is 9.53. The van der Waals surface area contributed by atoms with Gasteiger partial charge in [-0.3, -0.25) is 4.79 Å². The second kappa shape index (κ2) is 5.86. The molecule has 6 rings (SSSR count). The van der Waals surface area contributed by atoms with Crippen molar-refractivity contribution < 1.29 is 19.1 Å². The average Bonchev–Trinajstić information content (AvgIpc) is 2.92. The van der Waals surface area contributed by atoms with Gasteiger partial charge in [0, 0.05) is 24.7 Å². The molecule has 1 N–H and O–H groups in total. The van der Waals surface area contributed by atoms with E-state index in [9.17, 15) is 14.4 Å². The van der Waals surface area contributed by atoms with Gasteiger partial charge in [-0.1, -0.05) is 0 Å². The zero-order valence-corrected chi connectivity index (χ0v) is 15.1. The molecule has 0 aromatic heterocycles. The number of carbonyl (C=O) groups excluding carboxylic acids is 3. The van der Waals surface area contributed by atoms with Crippen molar-refractivity contribution in [3.63, 3.8) is 0 Å². The number of imide groups is 1. The highest BCUT2D eigenvalue weighted by Crippen LogP contribution is 2.55. The van der Waals surface area contributed by atoms with Crippen molar-refractivity contribution in [1.82, 2.24) is 15.1 Å². The monoisotopic (exact) mass is 361 g/mol. The summed E-state index contributed by atoms with van der Waals surface area (Å²) >= 11 is 0. The van der Waals surface area contributed by atoms with E-state index in [0.717, 1.165) is 37.0 Å². The van der Waals surface area contributed by atoms with Gasteiger partial charge in [0.15, 0.2) is 6.61 Å². The van der Waals surface area contributed by atoms with Crippen LogP contribution in [0.2, 0.25) is 0 Å². The molecule has 4 saturated carbocycles. The number of hydrogen-bond acceptors (Lipinski definition) is 4. The van der Waals surface area contributed by atoms with E-state index in [1.165, 1.54) is 24.2 Å². The topological polar surface area (TPSA) is 79.0 Å². The highest BCUT2D eigenvalue weighted by molar-refractivity contribution is 5.98. The number of ether oxygens (including phenoxy) is 1. The maximum Gasteiger partial charge on any atom is 0.417 e. The third kappa shape index (κ3) is 2.67. The quantitative estimate of drug-likeness (QED) is 0.817. The summed E-state index contributed by atoms with van der Waals surface area (Å²) in [5.74, 6) is 2.16. The van der Waals surface area contributed by atoms with E-state index in [-0.39, 0.29) is 30.1 Å². The van der Waals surface area contributed by atoms with E-state index in [4.69, 9.17) is 4.74 Å². The van der Waals surface area contributed by atoms with Crippen LogP contribution in [0.25, 0.3) is 0 Å². The Hall–Kier alpha value is -1.79. The van der Waals surface area contributed by atoms with Crippen LogP contribution in [0, 0.1) is 17.8 Å². The Labute approximate surface area is 153 Å². The van der Waals surface area contributed by atoms with Gasteiger partial charge in [-0.05, 0) is 69.1 Å². The zero-order valence-electron chi connectivity index (χ0n) is 15.1. The summed E-state index contributed by atoms with van der Waals surface area (Å²) in [6.45, 7) is 1.02. The van der Waals surface area contributed by atoms with Crippen molar-refractivity contribution in [2.24, 2.45) is 17.8 Å². The van der Waals surface area contributed by atoms with Gasteiger partial charge in [-0.25, -0.2) is 14.5 Å². The second-order valence-electron chi connectivity index (χ2n) is 9.16. The molecule has 7 heteroatoms. The number of rotatable bonds is 2. The lowest BCUT2D eigenvalue weighted by Crippen LogP contribution is -2.62. The van der Waals surface area contributed by atoms with Gasteiger partial charge in [0.25, 0.3) is 5.91 Å². The highest BCUT2D eigenvalue weighted by atomic mass is 16.6. The van der Waals surface area contributed by atoms with Crippen LogP contribution in [0.3, 0.4) is 0 Å². The van der Waals surface area contributed by atoms with Gasteiger partial charge in [-0.2, -0.15) is 0 Å². The summed E-state index contributed by atoms with van der Waals surface area (Å²) < 4.78 is 4.81. The zero-order chi connectivity index (χ0) is 17.9. The van der Waals surface area contributed by atoms with Gasteiger partial charge >= 0.3 is 12.1 Å². The molecule has 0 aromatic rings. The standard InChI is InChI=1S/C19H27N3O4/c23-16-11-26-18(25)22(16)15-1-3-21(4-2-15)17(24)20-19-8-12-5-13(9-19)7-14(6-12)10-19/h12-15H,1-11H2,(H,20,24). The van der Waals surface area contributed by atoms with Crippen LogP contribution < -0.4 is 5.32 Å². The molecule has 0 unspecified atom stereocenters. The minimum atomic E-state index is -0.536. The van der Waals surface area contributed by atoms with E-state index in [1.807, 2.05) is 4.90 Å². The summed E-state index contributed by atoms with van der Waals surface area (Å²) in [7, 11) is 0. The molecule has 2 saturated heterocycles. The molecule has 4 aliphatic carbocycles. The molecule has 26 heavy (non-hydrogen) atoms. The molecule has 0 atom stereocenters. The predicted molar refractivity (Wildman–Crippen MR) is 92.2 cm³/mol. The van der Waals surface area contributed by atoms with E-state index in [2.05, 4.69) is 5.32 Å². The number of urea groups is 1. The van der Waals surface area contributed by atoms with Crippen molar-refractivity contribution in [2.75, 3.05) is 19.7 Å². The first-order chi connectivity index (χ1) is 12.5. The first-order valence-electron chi connectivity index (χ1n) is 10.1. The number of amides is 4. The van der Waals surface area contributed by atoms with E-state index >= 15 is 0 Å². The van der Waals surface area contributed by atoms with Crippen LogP contribution in [-0.2, 0) is 9.53 Å².